The summed E-state index contributed by atoms with van der Waals surface area (Å²) < 4.78 is 3.86. The molecular weight excluding hydrogens is 194 g/mol. The van der Waals surface area contributed by atoms with Crippen molar-refractivity contribution in [2.45, 2.75) is 0 Å². The molecule has 1 N–H and O–H groups in total. The Morgan fingerprint density at radius 1 is 1.27 bits per heavy atom. The van der Waals surface area contributed by atoms with Gasteiger partial charge in [0.15, 0.2) is 14.1 Å². The lowest BCUT2D eigenvalue weighted by molar-refractivity contribution is -0.892. The lowest BCUT2D eigenvalue weighted by atomic mass is 10.2. The van der Waals surface area contributed by atoms with Crippen LogP contribution < -0.4 is 9.36 Å². The predicted molar refractivity (Wildman–Crippen MR) is 52.2 cm³/mol. The van der Waals surface area contributed by atoms with Crippen molar-refractivity contribution in [3.05, 3.63) is 23.8 Å². The number of hydrogen-bond donors (Lipinski definition) is 1. The first-order chi connectivity index (χ1) is 7.02. The Kier molecular flexibility index (Phi) is 1.96. The van der Waals surface area contributed by atoms with Gasteiger partial charge in [-0.1, -0.05) is 9.36 Å². The summed E-state index contributed by atoms with van der Waals surface area (Å²) in [5.74, 6) is -0.900. The molecule has 0 aliphatic rings. The van der Waals surface area contributed by atoms with E-state index in [0.29, 0.717) is 5.56 Å². The van der Waals surface area contributed by atoms with E-state index in [1.165, 1.54) is 0 Å². The van der Waals surface area contributed by atoms with E-state index in [0.717, 1.165) is 11.0 Å². The van der Waals surface area contributed by atoms with E-state index >= 15 is 0 Å². The maximum absolute atomic E-state index is 10.8. The van der Waals surface area contributed by atoms with Crippen LogP contribution in [0.25, 0.3) is 11.0 Å². The Morgan fingerprint density at radius 3 is 2.47 bits per heavy atom. The van der Waals surface area contributed by atoms with Crippen LogP contribution in [0.5, 0.6) is 0 Å². The topological polar surface area (TPSA) is 50.0 Å². The van der Waals surface area contributed by atoms with Gasteiger partial charge >= 0.3 is 17.0 Å². The van der Waals surface area contributed by atoms with Gasteiger partial charge in [0.2, 0.25) is 0 Å². The maximum Gasteiger partial charge on any atom is 0.335 e. The first-order valence-corrected chi connectivity index (χ1v) is 4.60. The summed E-state index contributed by atoms with van der Waals surface area (Å²) in [5, 5.41) is 8.89. The molecule has 5 heteroatoms. The summed E-state index contributed by atoms with van der Waals surface area (Å²) in [5.41, 5.74) is 2.22. The van der Waals surface area contributed by atoms with Crippen LogP contribution in [0.4, 0.5) is 0 Å². The number of fused-ring (bicyclic) bond motifs is 1. The van der Waals surface area contributed by atoms with Crippen LogP contribution in [-0.2, 0) is 21.1 Å². The van der Waals surface area contributed by atoms with Gasteiger partial charge < -0.3 is 5.11 Å². The van der Waals surface area contributed by atoms with Crippen LogP contribution in [0.15, 0.2) is 18.2 Å². The molecule has 78 valence electrons. The minimum atomic E-state index is -0.900. The molecule has 0 aliphatic heterocycles. The molecule has 0 atom stereocenters. The third-order valence-corrected chi connectivity index (χ3v) is 2.79. The van der Waals surface area contributed by atoms with Gasteiger partial charge in [-0.3, -0.25) is 0 Å². The number of carboxylic acid groups (broad SMARTS) is 1. The molecule has 0 spiro atoms. The van der Waals surface area contributed by atoms with Gasteiger partial charge in [0, 0.05) is 16.9 Å². The Hall–Kier alpha value is -1.91. The highest BCUT2D eigenvalue weighted by Gasteiger charge is 2.24. The van der Waals surface area contributed by atoms with Crippen molar-refractivity contribution in [1.82, 2.24) is 4.80 Å². The molecule has 5 nitrogen and oxygen atoms in total. The average molecular weight is 207 g/mol. The number of carboxylic acids is 1. The van der Waals surface area contributed by atoms with Gasteiger partial charge in [0.05, 0.1) is 5.56 Å². The van der Waals surface area contributed by atoms with E-state index in [1.54, 1.807) is 12.1 Å². The summed E-state index contributed by atoms with van der Waals surface area (Å²) >= 11 is 0. The smallest absolute Gasteiger partial charge is 0.335 e. The number of aromatic nitrogens is 3. The van der Waals surface area contributed by atoms with Gasteiger partial charge in [0.25, 0.3) is 0 Å². The monoisotopic (exact) mass is 207 g/mol. The molecular formula is C10H13N3O2+2. The van der Waals surface area contributed by atoms with Crippen LogP contribution in [0.3, 0.4) is 0 Å². The van der Waals surface area contributed by atoms with Gasteiger partial charge in [-0.15, -0.1) is 0 Å². The second-order valence-electron chi connectivity index (χ2n) is 3.55. The number of nitrogens with zero attached hydrogens (tertiary/aromatic N) is 3. The van der Waals surface area contributed by atoms with Gasteiger partial charge in [0.1, 0.15) is 7.05 Å². The maximum atomic E-state index is 10.8. The van der Waals surface area contributed by atoms with E-state index in [2.05, 4.69) is 0 Å². The van der Waals surface area contributed by atoms with Gasteiger partial charge in [-0.25, -0.2) is 4.79 Å². The Morgan fingerprint density at radius 2 is 1.87 bits per heavy atom. The number of carbonyl (C=O) groups is 1. The Balaban J connectivity index is 2.82. The SMILES string of the molecule is Cn1[n+](C)c2ccc(C(=O)O)cc2[n+]1C. The fourth-order valence-electron chi connectivity index (χ4n) is 1.70. The van der Waals surface area contributed by atoms with E-state index < -0.39 is 5.97 Å². The van der Waals surface area contributed by atoms with E-state index in [-0.39, 0.29) is 0 Å². The summed E-state index contributed by atoms with van der Waals surface area (Å²) in [7, 11) is 5.75. The molecule has 0 saturated heterocycles. The van der Waals surface area contributed by atoms with Crippen LogP contribution >= 0.6 is 0 Å². The number of aromatic carboxylic acids is 1. The molecule has 1 aromatic heterocycles. The molecule has 0 amide bonds. The zero-order valence-corrected chi connectivity index (χ0v) is 8.93. The number of hydrogen-bond acceptors (Lipinski definition) is 1. The summed E-state index contributed by atoms with van der Waals surface area (Å²) in [6, 6.07) is 5.11. The highest BCUT2D eigenvalue weighted by molar-refractivity contribution is 5.90. The molecule has 0 radical (unpaired) electrons. The lowest BCUT2D eigenvalue weighted by Crippen LogP contribution is -2.50. The Bertz CT molecular complexity index is 557. The van der Waals surface area contributed by atoms with Crippen LogP contribution in [-0.4, -0.2) is 15.9 Å². The molecule has 1 heterocycles. The van der Waals surface area contributed by atoms with Gasteiger partial charge in [-0.05, 0) is 6.07 Å². The molecule has 2 rings (SSSR count). The number of rotatable bonds is 1. The quantitative estimate of drug-likeness (QED) is 0.642. The van der Waals surface area contributed by atoms with E-state index in [9.17, 15) is 4.79 Å². The normalized spacial score (nSPS) is 10.9. The zero-order valence-electron chi connectivity index (χ0n) is 8.93. The highest BCUT2D eigenvalue weighted by atomic mass is 16.4. The fourth-order valence-corrected chi connectivity index (χ4v) is 1.70. The molecule has 0 saturated carbocycles. The van der Waals surface area contributed by atoms with Crippen molar-refractivity contribution in [1.29, 1.82) is 0 Å². The van der Waals surface area contributed by atoms with E-state index in [1.807, 2.05) is 41.4 Å². The first-order valence-electron chi connectivity index (χ1n) is 4.60. The van der Waals surface area contributed by atoms with Crippen molar-refractivity contribution in [3.63, 3.8) is 0 Å². The summed E-state index contributed by atoms with van der Waals surface area (Å²) in [6.07, 6.45) is 0. The third kappa shape index (κ3) is 1.27. The van der Waals surface area contributed by atoms with Crippen LogP contribution in [0.2, 0.25) is 0 Å². The number of aryl methyl sites for hydroxylation is 2. The van der Waals surface area contributed by atoms with Crippen LogP contribution in [0, 0.1) is 0 Å². The number of benzene rings is 1. The minimum absolute atomic E-state index is 0.310. The van der Waals surface area contributed by atoms with Crippen molar-refractivity contribution in [3.8, 4) is 0 Å². The molecule has 0 unspecified atom stereocenters. The molecule has 15 heavy (non-hydrogen) atoms. The summed E-state index contributed by atoms with van der Waals surface area (Å²) in [4.78, 5) is 12.7. The van der Waals surface area contributed by atoms with Gasteiger partial charge in [-0.2, -0.15) is 0 Å². The predicted octanol–water partition coefficient (Wildman–Crippen LogP) is -0.475. The van der Waals surface area contributed by atoms with Crippen molar-refractivity contribution >= 4 is 17.0 Å². The molecule has 2 aromatic rings. The Labute approximate surface area is 86.7 Å². The highest BCUT2D eigenvalue weighted by Crippen LogP contribution is 2.08. The minimum Gasteiger partial charge on any atom is -0.478 e. The molecule has 0 fully saturated rings. The average Bonchev–Trinajstić information content (AvgIpc) is 2.44. The zero-order chi connectivity index (χ0) is 11.2. The molecule has 0 bridgehead atoms. The van der Waals surface area contributed by atoms with Crippen molar-refractivity contribution in [2.75, 3.05) is 0 Å². The van der Waals surface area contributed by atoms with Crippen LogP contribution in [0.1, 0.15) is 10.4 Å². The lowest BCUT2D eigenvalue weighted by Gasteiger charge is -1.88. The largest absolute Gasteiger partial charge is 0.478 e. The molecule has 0 aliphatic carbocycles. The van der Waals surface area contributed by atoms with E-state index in [4.69, 9.17) is 5.11 Å². The first kappa shape index (κ1) is 9.64. The van der Waals surface area contributed by atoms with Crippen molar-refractivity contribution < 1.29 is 19.3 Å². The fraction of sp³-hybridized carbons (Fsp3) is 0.300. The summed E-state index contributed by atoms with van der Waals surface area (Å²) in [6.45, 7) is 0. The standard InChI is InChI=1S/C10H12N3O2/c1-11-8-5-4-7(10(14)15)6-9(8)12(2)13(11)3/h4-6H,1-3H3/q+1/p+1. The van der Waals surface area contributed by atoms with Crippen molar-refractivity contribution in [2.24, 2.45) is 21.1 Å². The molecule has 1 aromatic carbocycles. The second-order valence-corrected chi connectivity index (χ2v) is 3.55. The second kappa shape index (κ2) is 3.05. The third-order valence-electron chi connectivity index (χ3n) is 2.79.